The van der Waals surface area contributed by atoms with Crippen LogP contribution in [0.4, 0.5) is 0 Å². The van der Waals surface area contributed by atoms with E-state index in [9.17, 15) is 0 Å². The lowest BCUT2D eigenvalue weighted by molar-refractivity contribution is 0.644. The molecule has 17 heavy (non-hydrogen) atoms. The molecule has 2 aromatic rings. The normalized spacial score (nSPS) is 14.7. The number of nitrogens with zero attached hydrogens (tertiary/aromatic N) is 1. The van der Waals surface area contributed by atoms with E-state index >= 15 is 0 Å². The van der Waals surface area contributed by atoms with E-state index in [2.05, 4.69) is 10.3 Å². The first-order valence-corrected chi connectivity index (χ1v) is 6.96. The highest BCUT2D eigenvalue weighted by Crippen LogP contribution is 2.38. The van der Waals surface area contributed by atoms with Gasteiger partial charge >= 0.3 is 0 Å². The average molecular weight is 285 g/mol. The van der Waals surface area contributed by atoms with Gasteiger partial charge in [-0.05, 0) is 12.1 Å². The summed E-state index contributed by atoms with van der Waals surface area (Å²) < 4.78 is 0. The fraction of sp³-hybridized carbons (Fsp3) is 0.250. The van der Waals surface area contributed by atoms with Crippen LogP contribution in [0, 0.1) is 0 Å². The number of halogens is 2. The Labute approximate surface area is 114 Å². The molecular weight excluding hydrogens is 275 g/mol. The molecule has 2 nitrogen and oxygen atoms in total. The number of rotatable bonds is 1. The van der Waals surface area contributed by atoms with E-state index < -0.39 is 0 Å². The summed E-state index contributed by atoms with van der Waals surface area (Å²) in [5.74, 6) is 0. The van der Waals surface area contributed by atoms with Crippen molar-refractivity contribution in [2.75, 3.05) is 6.54 Å². The van der Waals surface area contributed by atoms with Crippen molar-refractivity contribution in [1.82, 2.24) is 10.3 Å². The van der Waals surface area contributed by atoms with Crippen molar-refractivity contribution in [1.29, 1.82) is 0 Å². The fourth-order valence-corrected chi connectivity index (χ4v) is 3.77. The van der Waals surface area contributed by atoms with Crippen LogP contribution in [0.2, 0.25) is 10.0 Å². The predicted molar refractivity (Wildman–Crippen MR) is 73.0 cm³/mol. The van der Waals surface area contributed by atoms with Gasteiger partial charge in [-0.15, -0.1) is 11.3 Å². The molecule has 0 amide bonds. The van der Waals surface area contributed by atoms with Crippen molar-refractivity contribution in [3.05, 3.63) is 38.8 Å². The maximum atomic E-state index is 6.19. The SMILES string of the molecule is Clc1cccc(Cl)c1-c1nc2c(s1)CNCC2. The molecule has 1 aliphatic rings. The number of benzene rings is 1. The molecule has 0 unspecified atom stereocenters. The Balaban J connectivity index is 2.12. The minimum Gasteiger partial charge on any atom is -0.311 e. The number of hydrogen-bond acceptors (Lipinski definition) is 3. The van der Waals surface area contributed by atoms with Crippen molar-refractivity contribution in [3.63, 3.8) is 0 Å². The van der Waals surface area contributed by atoms with Crippen molar-refractivity contribution in [3.8, 4) is 10.6 Å². The Bertz CT molecular complexity index is 522. The third kappa shape index (κ3) is 2.08. The van der Waals surface area contributed by atoms with Gasteiger partial charge in [-0.25, -0.2) is 4.98 Å². The van der Waals surface area contributed by atoms with Gasteiger partial charge in [0.1, 0.15) is 5.01 Å². The quantitative estimate of drug-likeness (QED) is 0.863. The molecule has 1 aromatic heterocycles. The van der Waals surface area contributed by atoms with Crippen LogP contribution in [-0.2, 0) is 13.0 Å². The van der Waals surface area contributed by atoms with E-state index in [0.29, 0.717) is 10.0 Å². The molecule has 3 rings (SSSR count). The standard InChI is InChI=1S/C12H10Cl2N2S/c13-7-2-1-3-8(14)11(7)12-16-9-4-5-15-6-10(9)17-12/h1-3,15H,4-6H2. The summed E-state index contributed by atoms with van der Waals surface area (Å²) in [5.41, 5.74) is 2.04. The molecule has 0 bridgehead atoms. The molecular formula is C12H10Cl2N2S. The van der Waals surface area contributed by atoms with E-state index in [-0.39, 0.29) is 0 Å². The molecule has 0 saturated heterocycles. The molecule has 0 spiro atoms. The number of fused-ring (bicyclic) bond motifs is 1. The maximum Gasteiger partial charge on any atom is 0.126 e. The summed E-state index contributed by atoms with van der Waals surface area (Å²) in [7, 11) is 0. The van der Waals surface area contributed by atoms with Gasteiger partial charge in [0.05, 0.1) is 15.7 Å². The molecule has 0 fully saturated rings. The Morgan fingerprint density at radius 3 is 2.71 bits per heavy atom. The molecule has 1 aromatic carbocycles. The Hall–Kier alpha value is -0.610. The van der Waals surface area contributed by atoms with Crippen LogP contribution in [-0.4, -0.2) is 11.5 Å². The molecule has 1 N–H and O–H groups in total. The Kier molecular flexibility index (Phi) is 3.09. The predicted octanol–water partition coefficient (Wildman–Crippen LogP) is 3.76. The van der Waals surface area contributed by atoms with Crippen LogP contribution in [0.3, 0.4) is 0 Å². The van der Waals surface area contributed by atoms with Crippen LogP contribution in [0.15, 0.2) is 18.2 Å². The third-order valence-corrected chi connectivity index (χ3v) is 4.52. The number of nitrogens with one attached hydrogen (secondary N) is 1. The summed E-state index contributed by atoms with van der Waals surface area (Å²) >= 11 is 14.1. The second kappa shape index (κ2) is 4.58. The second-order valence-electron chi connectivity index (χ2n) is 3.91. The monoisotopic (exact) mass is 284 g/mol. The van der Waals surface area contributed by atoms with Gasteiger partial charge in [0.2, 0.25) is 0 Å². The average Bonchev–Trinajstić information content (AvgIpc) is 2.71. The van der Waals surface area contributed by atoms with E-state index in [1.54, 1.807) is 11.3 Å². The lowest BCUT2D eigenvalue weighted by Gasteiger charge is -2.09. The van der Waals surface area contributed by atoms with E-state index in [1.807, 2.05) is 18.2 Å². The zero-order valence-corrected chi connectivity index (χ0v) is 11.3. The van der Waals surface area contributed by atoms with Gasteiger partial charge in [-0.3, -0.25) is 0 Å². The van der Waals surface area contributed by atoms with Crippen LogP contribution >= 0.6 is 34.5 Å². The van der Waals surface area contributed by atoms with Crippen LogP contribution < -0.4 is 5.32 Å². The Morgan fingerprint density at radius 1 is 1.24 bits per heavy atom. The molecule has 0 atom stereocenters. The number of thiazole rings is 1. The van der Waals surface area contributed by atoms with Crippen molar-refractivity contribution < 1.29 is 0 Å². The highest BCUT2D eigenvalue weighted by molar-refractivity contribution is 7.15. The van der Waals surface area contributed by atoms with Crippen molar-refractivity contribution in [2.24, 2.45) is 0 Å². The first kappa shape index (κ1) is 11.5. The third-order valence-electron chi connectivity index (χ3n) is 2.78. The van der Waals surface area contributed by atoms with E-state index in [1.165, 1.54) is 10.6 Å². The summed E-state index contributed by atoms with van der Waals surface area (Å²) in [6.07, 6.45) is 0.980. The molecule has 88 valence electrons. The summed E-state index contributed by atoms with van der Waals surface area (Å²) in [4.78, 5) is 5.95. The van der Waals surface area contributed by atoms with Crippen LogP contribution in [0.5, 0.6) is 0 Å². The first-order chi connectivity index (χ1) is 8.25. The molecule has 0 radical (unpaired) electrons. The fourth-order valence-electron chi connectivity index (χ4n) is 1.93. The molecule has 5 heteroatoms. The smallest absolute Gasteiger partial charge is 0.126 e. The van der Waals surface area contributed by atoms with Gasteiger partial charge in [0.25, 0.3) is 0 Å². The Morgan fingerprint density at radius 2 is 2.00 bits per heavy atom. The summed E-state index contributed by atoms with van der Waals surface area (Å²) in [5, 5.41) is 5.59. The van der Waals surface area contributed by atoms with Gasteiger partial charge in [-0.1, -0.05) is 29.3 Å². The lowest BCUT2D eigenvalue weighted by Crippen LogP contribution is -2.22. The first-order valence-electron chi connectivity index (χ1n) is 5.39. The van der Waals surface area contributed by atoms with Crippen LogP contribution in [0.25, 0.3) is 10.6 Å². The molecule has 2 heterocycles. The highest BCUT2D eigenvalue weighted by atomic mass is 35.5. The second-order valence-corrected chi connectivity index (χ2v) is 5.81. The summed E-state index contributed by atoms with van der Waals surface area (Å²) in [6, 6.07) is 5.55. The van der Waals surface area contributed by atoms with Crippen LogP contribution in [0.1, 0.15) is 10.6 Å². The number of aromatic nitrogens is 1. The lowest BCUT2D eigenvalue weighted by atomic mass is 10.2. The minimum atomic E-state index is 0.663. The van der Waals surface area contributed by atoms with Crippen molar-refractivity contribution in [2.45, 2.75) is 13.0 Å². The zero-order valence-electron chi connectivity index (χ0n) is 8.96. The van der Waals surface area contributed by atoms with E-state index in [0.717, 1.165) is 30.1 Å². The van der Waals surface area contributed by atoms with Gasteiger partial charge < -0.3 is 5.32 Å². The molecule has 0 saturated carbocycles. The highest BCUT2D eigenvalue weighted by Gasteiger charge is 2.18. The van der Waals surface area contributed by atoms with Crippen molar-refractivity contribution >= 4 is 34.5 Å². The minimum absolute atomic E-state index is 0.663. The van der Waals surface area contributed by atoms with Gasteiger partial charge in [0, 0.05) is 30.0 Å². The topological polar surface area (TPSA) is 24.9 Å². The molecule has 1 aliphatic heterocycles. The zero-order chi connectivity index (χ0) is 11.8. The van der Waals surface area contributed by atoms with Gasteiger partial charge in [-0.2, -0.15) is 0 Å². The molecule has 0 aliphatic carbocycles. The largest absolute Gasteiger partial charge is 0.311 e. The van der Waals surface area contributed by atoms with Gasteiger partial charge in [0.15, 0.2) is 0 Å². The summed E-state index contributed by atoms with van der Waals surface area (Å²) in [6.45, 7) is 1.89. The maximum absolute atomic E-state index is 6.19. The van der Waals surface area contributed by atoms with E-state index in [4.69, 9.17) is 23.2 Å². The number of hydrogen-bond donors (Lipinski definition) is 1.